The fourth-order valence-electron chi connectivity index (χ4n) is 9.48. The van der Waals surface area contributed by atoms with E-state index in [4.69, 9.17) is 20.9 Å². The standard InChI is InChI=1S/C52H65FN8O9S.ClH/c1-29(31-15-17-34(18-16-31)45-30(2)56-28-71-45)57-47(64)39-25-37(62)26-60(39)50(67)46(52(3,4)5)59-51(68)69-23-7-6-10-32-11-9-14-41(43(32)53)70-27-36(20-22-42(55)63)58-48(65)40-24-35-13-8-12-33-19-21-38(54)49(66)61(40)44(33)35;/h8-9,11-18,28-29,36-40,46,62H,6-7,10,19-27,54H2,1-5H3,(H2,55,63)(H,57,64)(H,58,65)(H,59,68);1H/t29-,36-,37+,38-,39-,40-,46+;/m0./s1. The number of para-hydroxylation sites is 1. The van der Waals surface area contributed by atoms with Crippen molar-refractivity contribution in [3.8, 4) is 16.2 Å². The van der Waals surface area contributed by atoms with Gasteiger partial charge in [-0.1, -0.05) is 75.4 Å². The highest BCUT2D eigenvalue weighted by Gasteiger charge is 2.46. The van der Waals surface area contributed by atoms with Crippen molar-refractivity contribution in [2.75, 3.05) is 24.7 Å². The van der Waals surface area contributed by atoms with Crippen molar-refractivity contribution in [3.05, 3.63) is 99.9 Å². The number of benzene rings is 3. The number of unbranched alkanes of at least 4 members (excludes halogenated alkanes) is 1. The van der Waals surface area contributed by atoms with Gasteiger partial charge in [-0.05, 0) is 91.7 Å². The van der Waals surface area contributed by atoms with Crippen LogP contribution in [0, 0.1) is 18.2 Å². The fourth-order valence-corrected chi connectivity index (χ4v) is 10.3. The number of aromatic nitrogens is 1. The number of aliphatic hydroxyl groups is 1. The zero-order valence-electron chi connectivity index (χ0n) is 41.3. The first-order valence-electron chi connectivity index (χ1n) is 24.2. The lowest BCUT2D eigenvalue weighted by Crippen LogP contribution is -2.58. The normalized spacial score (nSPS) is 19.5. The molecule has 0 bridgehead atoms. The number of alkyl carbamates (subject to hydrolysis) is 1. The zero-order valence-corrected chi connectivity index (χ0v) is 42.9. The predicted octanol–water partition coefficient (Wildman–Crippen LogP) is 5.34. The van der Waals surface area contributed by atoms with Gasteiger partial charge in [0.1, 0.15) is 24.7 Å². The molecule has 0 unspecified atom stereocenters. The van der Waals surface area contributed by atoms with Crippen LogP contribution in [-0.2, 0) is 48.0 Å². The van der Waals surface area contributed by atoms with E-state index >= 15 is 4.39 Å². The van der Waals surface area contributed by atoms with Crippen LogP contribution < -0.4 is 37.1 Å². The maximum absolute atomic E-state index is 15.8. The summed E-state index contributed by atoms with van der Waals surface area (Å²) in [6.45, 7) is 8.83. The molecule has 20 heteroatoms. The Kier molecular flexibility index (Phi) is 18.4. The van der Waals surface area contributed by atoms with E-state index < -0.39 is 83.3 Å². The number of carbonyl (C=O) groups excluding carboxylic acids is 6. The molecule has 3 aromatic carbocycles. The van der Waals surface area contributed by atoms with Crippen LogP contribution in [0.25, 0.3) is 10.4 Å². The van der Waals surface area contributed by atoms with Crippen LogP contribution in [-0.4, -0.2) is 107 Å². The topological polar surface area (TPSA) is 249 Å². The maximum atomic E-state index is 15.8. The predicted molar refractivity (Wildman–Crippen MR) is 273 cm³/mol. The summed E-state index contributed by atoms with van der Waals surface area (Å²) in [6.07, 6.45) is 0.714. The number of nitrogens with two attached hydrogens (primary N) is 2. The van der Waals surface area contributed by atoms with Crippen molar-refractivity contribution in [3.63, 3.8) is 0 Å². The molecule has 0 spiro atoms. The van der Waals surface area contributed by atoms with Gasteiger partial charge in [-0.25, -0.2) is 14.2 Å². The van der Waals surface area contributed by atoms with Crippen LogP contribution in [0.3, 0.4) is 0 Å². The minimum absolute atomic E-state index is 0. The molecule has 8 N–H and O–H groups in total. The van der Waals surface area contributed by atoms with Crippen LogP contribution >= 0.6 is 23.7 Å². The van der Waals surface area contributed by atoms with Crippen molar-refractivity contribution in [2.24, 2.45) is 16.9 Å². The molecule has 0 aliphatic carbocycles. The summed E-state index contributed by atoms with van der Waals surface area (Å²) in [4.78, 5) is 88.2. The second kappa shape index (κ2) is 24.0. The molecule has 7 rings (SSSR count). The highest BCUT2D eigenvalue weighted by molar-refractivity contribution is 7.13. The lowest BCUT2D eigenvalue weighted by Gasteiger charge is -2.35. The van der Waals surface area contributed by atoms with Crippen LogP contribution in [0.15, 0.2) is 66.2 Å². The SMILES string of the molecule is Cc1ncsc1-c1ccc([C@H](C)NC(=O)[C@@H]2C[C@@H](O)CN2C(=O)[C@@H](NC(=O)OCCCCc2cccc(OC[C@H](CCC(N)=O)NC(=O)[C@@H]3Cc4cccc5c4N3C(=O)[C@@H](N)CC5)c2F)C(C)(C)C)cc1.Cl. The second-order valence-corrected chi connectivity index (χ2v) is 20.7. The number of amides is 6. The van der Waals surface area contributed by atoms with Crippen LogP contribution in [0.1, 0.15) is 100 Å². The average molecular weight is 1030 g/mol. The van der Waals surface area contributed by atoms with Crippen molar-refractivity contribution in [1.29, 1.82) is 0 Å². The van der Waals surface area contributed by atoms with Gasteiger partial charge in [0, 0.05) is 25.8 Å². The molecule has 6 amide bonds. The Bertz CT molecular complexity index is 2610. The van der Waals surface area contributed by atoms with Crippen LogP contribution in [0.2, 0.25) is 0 Å². The number of anilines is 1. The molecule has 1 fully saturated rings. The average Bonchev–Trinajstić information content (AvgIpc) is 4.05. The van der Waals surface area contributed by atoms with Gasteiger partial charge in [0.15, 0.2) is 11.6 Å². The maximum Gasteiger partial charge on any atom is 0.407 e. The number of halogens is 2. The number of aliphatic hydroxyl groups excluding tert-OH is 1. The summed E-state index contributed by atoms with van der Waals surface area (Å²) in [6, 6.07) is 13.4. The molecule has 4 heterocycles. The first-order chi connectivity index (χ1) is 33.8. The number of rotatable bonds is 19. The molecule has 4 aromatic rings. The van der Waals surface area contributed by atoms with Crippen LogP contribution in [0.4, 0.5) is 14.9 Å². The smallest absolute Gasteiger partial charge is 0.407 e. The zero-order chi connectivity index (χ0) is 51.1. The van der Waals surface area contributed by atoms with Gasteiger partial charge in [-0.15, -0.1) is 23.7 Å². The Hall–Kier alpha value is -6.15. The molecule has 72 heavy (non-hydrogen) atoms. The molecule has 0 saturated carbocycles. The molecule has 1 aromatic heterocycles. The summed E-state index contributed by atoms with van der Waals surface area (Å²) in [7, 11) is 0. The third-order valence-electron chi connectivity index (χ3n) is 13.4. The summed E-state index contributed by atoms with van der Waals surface area (Å²) in [5.41, 5.74) is 18.4. The number of likely N-dealkylation sites (tertiary alicyclic amines) is 1. The summed E-state index contributed by atoms with van der Waals surface area (Å²) in [5.74, 6) is -2.99. The summed E-state index contributed by atoms with van der Waals surface area (Å²) in [5, 5.41) is 19.3. The Morgan fingerprint density at radius 2 is 1.68 bits per heavy atom. The number of ether oxygens (including phenoxy) is 2. The van der Waals surface area contributed by atoms with Gasteiger partial charge in [0.25, 0.3) is 0 Å². The molecular formula is C52H66ClFN8O9S. The number of hydrogen-bond acceptors (Lipinski definition) is 12. The van der Waals surface area contributed by atoms with Crippen LogP contribution in [0.5, 0.6) is 5.75 Å². The number of nitrogens with one attached hydrogen (secondary N) is 3. The van der Waals surface area contributed by atoms with E-state index in [0.717, 1.165) is 38.5 Å². The number of primary amides is 1. The molecule has 388 valence electrons. The number of carbonyl (C=O) groups is 6. The molecule has 7 atom stereocenters. The van der Waals surface area contributed by atoms with Gasteiger partial charge in [-0.3, -0.25) is 28.9 Å². The number of nitrogens with zero attached hydrogens (tertiary/aromatic N) is 3. The van der Waals surface area contributed by atoms with Gasteiger partial charge in [-0.2, -0.15) is 0 Å². The number of β-amino-alcohol motifs (C(OH)–C–C–N with tert-alkyl or cyclic N) is 1. The van der Waals surface area contributed by atoms with E-state index in [9.17, 15) is 33.9 Å². The van der Waals surface area contributed by atoms with E-state index in [2.05, 4.69) is 20.9 Å². The monoisotopic (exact) mass is 1030 g/mol. The van der Waals surface area contributed by atoms with Gasteiger partial charge < -0.3 is 46.9 Å². The first kappa shape index (κ1) is 55.2. The highest BCUT2D eigenvalue weighted by atomic mass is 35.5. The number of hydrogen-bond donors (Lipinski definition) is 6. The number of aryl methyl sites for hydroxylation is 3. The molecular weight excluding hydrogens is 967 g/mol. The van der Waals surface area contributed by atoms with Crippen molar-refractivity contribution in [1.82, 2.24) is 25.8 Å². The van der Waals surface area contributed by atoms with E-state index in [-0.39, 0.29) is 69.5 Å². The van der Waals surface area contributed by atoms with E-state index in [1.54, 1.807) is 49.8 Å². The quantitative estimate of drug-likeness (QED) is 0.0654. The minimum atomic E-state index is -1.10. The third-order valence-corrected chi connectivity index (χ3v) is 14.4. The minimum Gasteiger partial charge on any atom is -0.488 e. The second-order valence-electron chi connectivity index (χ2n) is 19.8. The largest absolute Gasteiger partial charge is 0.488 e. The van der Waals surface area contributed by atoms with Crippen molar-refractivity contribution in [2.45, 2.75) is 135 Å². The lowest BCUT2D eigenvalue weighted by molar-refractivity contribution is -0.142. The Morgan fingerprint density at radius 1 is 0.972 bits per heavy atom. The summed E-state index contributed by atoms with van der Waals surface area (Å²) >= 11 is 1.55. The Balaban J connectivity index is 0.00000847. The molecule has 17 nitrogen and oxygen atoms in total. The molecule has 3 aliphatic rings. The van der Waals surface area contributed by atoms with Gasteiger partial charge in [0.05, 0.1) is 52.6 Å². The van der Waals surface area contributed by atoms with Crippen molar-refractivity contribution < 1.29 is 47.7 Å². The van der Waals surface area contributed by atoms with Gasteiger partial charge >= 0.3 is 6.09 Å². The molecule has 0 radical (unpaired) electrons. The van der Waals surface area contributed by atoms with E-state index in [0.29, 0.717) is 37.7 Å². The number of thiazole rings is 1. The molecule has 1 saturated heterocycles. The first-order valence-corrected chi connectivity index (χ1v) is 25.1. The summed E-state index contributed by atoms with van der Waals surface area (Å²) < 4.78 is 27.2. The molecule has 3 aliphatic heterocycles. The lowest BCUT2D eigenvalue weighted by atomic mass is 9.85. The Labute approximate surface area is 429 Å². The Morgan fingerprint density at radius 3 is 2.38 bits per heavy atom. The van der Waals surface area contributed by atoms with Crippen molar-refractivity contribution >= 4 is 65.1 Å². The highest BCUT2D eigenvalue weighted by Crippen LogP contribution is 2.39. The van der Waals surface area contributed by atoms with Gasteiger partial charge in [0.2, 0.25) is 29.5 Å². The van der Waals surface area contributed by atoms with E-state index in [1.807, 2.05) is 56.3 Å². The fraction of sp³-hybridized carbons (Fsp3) is 0.481. The third kappa shape index (κ3) is 13.1. The van der Waals surface area contributed by atoms with E-state index in [1.165, 1.54) is 15.9 Å².